The van der Waals surface area contributed by atoms with Crippen LogP contribution in [0.15, 0.2) is 23.2 Å². The number of halogens is 1. The quantitative estimate of drug-likeness (QED) is 0.668. The highest BCUT2D eigenvalue weighted by Crippen LogP contribution is 2.36. The minimum Gasteiger partial charge on any atom is -0.503 e. The third-order valence-corrected chi connectivity index (χ3v) is 2.37. The zero-order valence-electron chi connectivity index (χ0n) is 7.58. The van der Waals surface area contributed by atoms with Gasteiger partial charge in [-0.3, -0.25) is 4.79 Å². The van der Waals surface area contributed by atoms with E-state index in [9.17, 15) is 9.90 Å². The number of methoxy groups -OCH3 is 1. The molecule has 0 aromatic heterocycles. The van der Waals surface area contributed by atoms with Crippen LogP contribution >= 0.6 is 15.9 Å². The lowest BCUT2D eigenvalue weighted by Crippen LogP contribution is -1.89. The van der Waals surface area contributed by atoms with Crippen molar-refractivity contribution in [3.63, 3.8) is 0 Å². The molecule has 0 aliphatic rings. The SMILES string of the molecule is C=C(C=O)c1cc(Br)c(O)c(OC)c1. The number of ether oxygens (including phenoxy) is 1. The number of hydrogen-bond donors (Lipinski definition) is 1. The first kappa shape index (κ1) is 10.8. The van der Waals surface area contributed by atoms with Gasteiger partial charge >= 0.3 is 0 Å². The van der Waals surface area contributed by atoms with Gasteiger partial charge in [-0.25, -0.2) is 0 Å². The zero-order valence-corrected chi connectivity index (χ0v) is 9.17. The molecule has 0 fully saturated rings. The highest BCUT2D eigenvalue weighted by molar-refractivity contribution is 9.10. The molecule has 0 saturated heterocycles. The van der Waals surface area contributed by atoms with Crippen LogP contribution in [0.2, 0.25) is 0 Å². The molecule has 1 aromatic carbocycles. The van der Waals surface area contributed by atoms with Crippen LogP contribution in [0.5, 0.6) is 11.5 Å². The van der Waals surface area contributed by atoms with Crippen molar-refractivity contribution in [2.75, 3.05) is 7.11 Å². The molecule has 0 spiro atoms. The second kappa shape index (κ2) is 4.28. The summed E-state index contributed by atoms with van der Waals surface area (Å²) in [4.78, 5) is 10.5. The number of carbonyl (C=O) groups is 1. The zero-order chi connectivity index (χ0) is 10.7. The maximum absolute atomic E-state index is 10.5. The van der Waals surface area contributed by atoms with Crippen LogP contribution < -0.4 is 4.74 Å². The Morgan fingerprint density at radius 1 is 1.64 bits per heavy atom. The van der Waals surface area contributed by atoms with Gasteiger partial charge in [0.2, 0.25) is 0 Å². The summed E-state index contributed by atoms with van der Waals surface area (Å²) in [6, 6.07) is 3.16. The predicted octanol–water partition coefficient (Wildman–Crippen LogP) is 2.38. The van der Waals surface area contributed by atoms with Gasteiger partial charge in [0.05, 0.1) is 11.6 Å². The van der Waals surface area contributed by atoms with E-state index in [0.717, 1.165) is 0 Å². The number of benzene rings is 1. The smallest absolute Gasteiger partial charge is 0.172 e. The first-order valence-corrected chi connectivity index (χ1v) is 4.60. The minimum atomic E-state index is 0.00921. The summed E-state index contributed by atoms with van der Waals surface area (Å²) in [6.45, 7) is 3.56. The predicted molar refractivity (Wildman–Crippen MR) is 57.5 cm³/mol. The second-order valence-electron chi connectivity index (χ2n) is 2.65. The van der Waals surface area contributed by atoms with Crippen molar-refractivity contribution < 1.29 is 14.6 Å². The van der Waals surface area contributed by atoms with Crippen LogP contribution in [-0.2, 0) is 4.79 Å². The summed E-state index contributed by atoms with van der Waals surface area (Å²) in [5.41, 5.74) is 0.950. The largest absolute Gasteiger partial charge is 0.503 e. The van der Waals surface area contributed by atoms with Gasteiger partial charge in [0.15, 0.2) is 11.5 Å². The average molecular weight is 257 g/mol. The first-order chi connectivity index (χ1) is 6.60. The Kier molecular flexibility index (Phi) is 3.30. The maximum Gasteiger partial charge on any atom is 0.172 e. The summed E-state index contributed by atoms with van der Waals surface area (Å²) in [7, 11) is 1.44. The van der Waals surface area contributed by atoms with Crippen LogP contribution in [0.25, 0.3) is 5.57 Å². The van der Waals surface area contributed by atoms with E-state index in [1.54, 1.807) is 12.1 Å². The fourth-order valence-electron chi connectivity index (χ4n) is 0.983. The molecule has 14 heavy (non-hydrogen) atoms. The van der Waals surface area contributed by atoms with Crippen molar-refractivity contribution in [2.24, 2.45) is 0 Å². The molecular weight excluding hydrogens is 248 g/mol. The van der Waals surface area contributed by atoms with Crippen molar-refractivity contribution in [2.45, 2.75) is 0 Å². The summed E-state index contributed by atoms with van der Waals surface area (Å²) < 4.78 is 5.39. The first-order valence-electron chi connectivity index (χ1n) is 3.81. The molecular formula is C10H9BrO3. The second-order valence-corrected chi connectivity index (χ2v) is 3.51. The lowest BCUT2D eigenvalue weighted by molar-refractivity contribution is -0.103. The maximum atomic E-state index is 10.5. The Balaban J connectivity index is 3.29. The van der Waals surface area contributed by atoms with E-state index in [1.165, 1.54) is 7.11 Å². The van der Waals surface area contributed by atoms with E-state index in [1.807, 2.05) is 0 Å². The average Bonchev–Trinajstić information content (AvgIpc) is 2.20. The van der Waals surface area contributed by atoms with E-state index >= 15 is 0 Å². The van der Waals surface area contributed by atoms with Gasteiger partial charge in [-0.05, 0) is 33.6 Å². The Bertz CT molecular complexity index is 385. The van der Waals surface area contributed by atoms with E-state index in [4.69, 9.17) is 4.74 Å². The van der Waals surface area contributed by atoms with Gasteiger partial charge in [-0.1, -0.05) is 6.58 Å². The third kappa shape index (κ3) is 1.96. The summed E-state index contributed by atoms with van der Waals surface area (Å²) >= 11 is 3.15. The fraction of sp³-hybridized carbons (Fsp3) is 0.100. The monoisotopic (exact) mass is 256 g/mol. The van der Waals surface area contributed by atoms with Crippen molar-refractivity contribution >= 4 is 27.8 Å². The third-order valence-electron chi connectivity index (χ3n) is 1.76. The molecule has 3 nitrogen and oxygen atoms in total. The van der Waals surface area contributed by atoms with E-state index in [0.29, 0.717) is 27.6 Å². The molecule has 0 amide bonds. The summed E-state index contributed by atoms with van der Waals surface area (Å²) in [5, 5.41) is 9.49. The van der Waals surface area contributed by atoms with Crippen molar-refractivity contribution in [3.05, 3.63) is 28.7 Å². The van der Waals surface area contributed by atoms with Crippen molar-refractivity contribution in [1.82, 2.24) is 0 Å². The van der Waals surface area contributed by atoms with Crippen molar-refractivity contribution in [3.8, 4) is 11.5 Å². The molecule has 0 unspecified atom stereocenters. The normalized spacial score (nSPS) is 9.57. The summed E-state index contributed by atoms with van der Waals surface area (Å²) in [5.74, 6) is 0.312. The molecule has 0 radical (unpaired) electrons. The molecule has 74 valence electrons. The van der Waals surface area contributed by atoms with Gasteiger partial charge in [0.25, 0.3) is 0 Å². The number of allylic oxidation sites excluding steroid dienone is 1. The number of aromatic hydroxyl groups is 1. The number of aldehydes is 1. The van der Waals surface area contributed by atoms with Crippen LogP contribution in [0.3, 0.4) is 0 Å². The number of hydrogen-bond acceptors (Lipinski definition) is 3. The van der Waals surface area contributed by atoms with Crippen molar-refractivity contribution in [1.29, 1.82) is 0 Å². The summed E-state index contributed by atoms with van der Waals surface area (Å²) in [6.07, 6.45) is 0.651. The molecule has 1 rings (SSSR count). The molecule has 1 aromatic rings. The fourth-order valence-corrected chi connectivity index (χ4v) is 1.42. The number of phenols is 1. The molecule has 1 N–H and O–H groups in total. The molecule has 4 heteroatoms. The van der Waals surface area contributed by atoms with E-state index < -0.39 is 0 Å². The van der Waals surface area contributed by atoms with E-state index in [-0.39, 0.29) is 5.75 Å². The number of carbonyl (C=O) groups excluding carboxylic acids is 1. The topological polar surface area (TPSA) is 46.5 Å². The van der Waals surface area contributed by atoms with Crippen LogP contribution in [-0.4, -0.2) is 18.5 Å². The highest BCUT2D eigenvalue weighted by atomic mass is 79.9. The lowest BCUT2D eigenvalue weighted by atomic mass is 10.1. The lowest BCUT2D eigenvalue weighted by Gasteiger charge is -2.07. The van der Waals surface area contributed by atoms with Gasteiger partial charge in [-0.15, -0.1) is 0 Å². The highest BCUT2D eigenvalue weighted by Gasteiger charge is 2.09. The Morgan fingerprint density at radius 3 is 2.79 bits per heavy atom. The van der Waals surface area contributed by atoms with Gasteiger partial charge in [-0.2, -0.15) is 0 Å². The molecule has 0 atom stereocenters. The van der Waals surface area contributed by atoms with Crippen LogP contribution in [0, 0.1) is 0 Å². The molecule has 0 aliphatic heterocycles. The van der Waals surface area contributed by atoms with Gasteiger partial charge in [0, 0.05) is 5.57 Å². The Hall–Kier alpha value is -1.29. The Morgan fingerprint density at radius 2 is 2.29 bits per heavy atom. The standard InChI is InChI=1S/C10H9BrO3/c1-6(5-12)7-3-8(11)10(13)9(4-7)14-2/h3-5,13H,1H2,2H3. The van der Waals surface area contributed by atoms with Crippen LogP contribution in [0.1, 0.15) is 5.56 Å². The molecule has 0 saturated carbocycles. The Labute approximate surface area is 90.1 Å². The minimum absolute atomic E-state index is 0.00921. The molecule has 0 aliphatic carbocycles. The number of phenolic OH excluding ortho intramolecular Hbond substituents is 1. The molecule has 0 bridgehead atoms. The molecule has 0 heterocycles. The van der Waals surface area contributed by atoms with Gasteiger partial charge < -0.3 is 9.84 Å². The van der Waals surface area contributed by atoms with Gasteiger partial charge in [0.1, 0.15) is 6.29 Å². The van der Waals surface area contributed by atoms with E-state index in [2.05, 4.69) is 22.5 Å². The van der Waals surface area contributed by atoms with Crippen LogP contribution in [0.4, 0.5) is 0 Å². The number of rotatable bonds is 3.